The van der Waals surface area contributed by atoms with Gasteiger partial charge in [-0.15, -0.1) is 0 Å². The molecule has 0 aromatic heterocycles. The molecule has 6 heteroatoms. The molecule has 3 aliphatic rings. The van der Waals surface area contributed by atoms with Gasteiger partial charge < -0.3 is 0 Å². The van der Waals surface area contributed by atoms with E-state index in [-0.39, 0.29) is 42.1 Å². The van der Waals surface area contributed by atoms with Gasteiger partial charge in [-0.2, -0.15) is 5.10 Å². The lowest BCUT2D eigenvalue weighted by Gasteiger charge is -2.24. The summed E-state index contributed by atoms with van der Waals surface area (Å²) in [7, 11) is 0. The topological polar surface area (TPSA) is 70.1 Å². The molecular weight excluding hydrogens is 438 g/mol. The first-order valence-electron chi connectivity index (χ1n) is 12.0. The molecule has 0 unspecified atom stereocenters. The van der Waals surface area contributed by atoms with E-state index in [0.717, 1.165) is 32.5 Å². The Morgan fingerprint density at radius 2 is 1.49 bits per heavy atom. The van der Waals surface area contributed by atoms with Crippen molar-refractivity contribution < 1.29 is 14.4 Å². The number of nitrogens with zero attached hydrogens (tertiary/aromatic N) is 3. The smallest absolute Gasteiger partial charge is 0.263 e. The Balaban J connectivity index is 1.31. The SMILES string of the molecule is O=C1[C@H]2CC=CC[C@H]2C(=O)N1CC(=O)N1N=C(c2ccc3ccccc3c2)C[C@@H]1c1ccccc1. The second kappa shape index (κ2) is 8.62. The fourth-order valence-electron chi connectivity index (χ4n) is 5.45. The fraction of sp³-hybridized carbons (Fsp3) is 0.241. The molecule has 2 aliphatic heterocycles. The molecule has 174 valence electrons. The number of imide groups is 1. The van der Waals surface area contributed by atoms with Gasteiger partial charge in [-0.05, 0) is 40.8 Å². The van der Waals surface area contributed by atoms with Crippen molar-refractivity contribution in [2.75, 3.05) is 6.54 Å². The number of likely N-dealkylation sites (tertiary alicyclic amines) is 1. The van der Waals surface area contributed by atoms with E-state index in [0.29, 0.717) is 19.3 Å². The van der Waals surface area contributed by atoms with Crippen LogP contribution in [0.1, 0.15) is 36.4 Å². The highest BCUT2D eigenvalue weighted by atomic mass is 16.2. The van der Waals surface area contributed by atoms with Gasteiger partial charge in [0, 0.05) is 6.42 Å². The molecule has 1 aliphatic carbocycles. The van der Waals surface area contributed by atoms with Gasteiger partial charge in [0.1, 0.15) is 6.54 Å². The average molecular weight is 464 g/mol. The minimum absolute atomic E-state index is 0.244. The Hall–Kier alpha value is -4.06. The van der Waals surface area contributed by atoms with E-state index in [1.807, 2.05) is 60.7 Å². The van der Waals surface area contributed by atoms with E-state index in [4.69, 9.17) is 5.10 Å². The molecule has 3 aromatic rings. The van der Waals surface area contributed by atoms with Crippen molar-refractivity contribution in [2.24, 2.45) is 16.9 Å². The van der Waals surface area contributed by atoms with E-state index in [2.05, 4.69) is 24.3 Å². The van der Waals surface area contributed by atoms with Crippen LogP contribution in [-0.4, -0.2) is 39.9 Å². The van der Waals surface area contributed by atoms with Gasteiger partial charge in [0.15, 0.2) is 0 Å². The molecule has 6 nitrogen and oxygen atoms in total. The Labute approximate surface area is 203 Å². The van der Waals surface area contributed by atoms with Gasteiger partial charge in [-0.1, -0.05) is 78.9 Å². The van der Waals surface area contributed by atoms with Crippen molar-refractivity contribution in [1.82, 2.24) is 9.91 Å². The lowest BCUT2D eigenvalue weighted by molar-refractivity contribution is -0.147. The molecule has 3 aromatic carbocycles. The Morgan fingerprint density at radius 3 is 2.20 bits per heavy atom. The van der Waals surface area contributed by atoms with Gasteiger partial charge in [0.05, 0.1) is 23.6 Å². The molecule has 2 heterocycles. The Kier molecular flexibility index (Phi) is 5.29. The summed E-state index contributed by atoms with van der Waals surface area (Å²) in [5.74, 6) is -1.53. The number of hydrogen-bond donors (Lipinski definition) is 0. The standard InChI is InChI=1S/C29H25N3O3/c33-27(18-31-28(34)23-12-6-7-13-24(23)29(31)35)32-26(20-9-2-1-3-10-20)17-25(30-32)22-15-14-19-8-4-5-11-21(19)16-22/h1-11,14-16,23-24,26H,12-13,17-18H2/t23-,24+,26-/m1/s1. The van der Waals surface area contributed by atoms with Crippen LogP contribution in [0.15, 0.2) is 90.0 Å². The number of carbonyl (C=O) groups is 3. The normalized spacial score (nSPS) is 23.7. The first-order chi connectivity index (χ1) is 17.1. The van der Waals surface area contributed by atoms with Crippen LogP contribution in [0.3, 0.4) is 0 Å². The van der Waals surface area contributed by atoms with E-state index < -0.39 is 0 Å². The number of amides is 3. The Morgan fingerprint density at radius 1 is 0.829 bits per heavy atom. The molecule has 0 N–H and O–H groups in total. The number of hydrogen-bond acceptors (Lipinski definition) is 4. The Bertz CT molecular complexity index is 1370. The molecule has 0 saturated carbocycles. The predicted molar refractivity (Wildman–Crippen MR) is 133 cm³/mol. The van der Waals surface area contributed by atoms with E-state index in [1.54, 1.807) is 0 Å². The van der Waals surface area contributed by atoms with Crippen LogP contribution >= 0.6 is 0 Å². The highest BCUT2D eigenvalue weighted by molar-refractivity contribution is 6.09. The molecule has 6 rings (SSSR count). The highest BCUT2D eigenvalue weighted by Gasteiger charge is 2.48. The number of rotatable bonds is 4. The van der Waals surface area contributed by atoms with Crippen LogP contribution in [0.4, 0.5) is 0 Å². The highest BCUT2D eigenvalue weighted by Crippen LogP contribution is 2.37. The molecule has 0 radical (unpaired) electrons. The second-order valence-electron chi connectivity index (χ2n) is 9.40. The van der Waals surface area contributed by atoms with Crippen molar-refractivity contribution in [2.45, 2.75) is 25.3 Å². The molecule has 3 amide bonds. The summed E-state index contributed by atoms with van der Waals surface area (Å²) in [5.41, 5.74) is 2.75. The van der Waals surface area contributed by atoms with Gasteiger partial charge in [-0.25, -0.2) is 5.01 Å². The first kappa shape index (κ1) is 21.5. The van der Waals surface area contributed by atoms with Crippen molar-refractivity contribution in [3.63, 3.8) is 0 Å². The molecule has 1 fully saturated rings. The van der Waals surface area contributed by atoms with Crippen LogP contribution in [0.5, 0.6) is 0 Å². The zero-order valence-electron chi connectivity index (χ0n) is 19.2. The summed E-state index contributed by atoms with van der Waals surface area (Å²) in [6, 6.07) is 23.8. The fourth-order valence-corrected chi connectivity index (χ4v) is 5.45. The zero-order valence-corrected chi connectivity index (χ0v) is 19.2. The van der Waals surface area contributed by atoms with Crippen LogP contribution in [0.25, 0.3) is 10.8 Å². The minimum atomic E-state index is -0.347. The number of allylic oxidation sites excluding steroid dienone is 2. The summed E-state index contributed by atoms with van der Waals surface area (Å²) in [5, 5.41) is 8.47. The van der Waals surface area contributed by atoms with Crippen molar-refractivity contribution in [3.8, 4) is 0 Å². The van der Waals surface area contributed by atoms with Crippen molar-refractivity contribution in [3.05, 3.63) is 96.1 Å². The van der Waals surface area contributed by atoms with Gasteiger partial charge in [0.25, 0.3) is 5.91 Å². The van der Waals surface area contributed by atoms with Gasteiger partial charge >= 0.3 is 0 Å². The van der Waals surface area contributed by atoms with Crippen molar-refractivity contribution >= 4 is 34.2 Å². The number of benzene rings is 3. The molecule has 3 atom stereocenters. The van der Waals surface area contributed by atoms with Crippen LogP contribution in [0.2, 0.25) is 0 Å². The van der Waals surface area contributed by atoms with Crippen molar-refractivity contribution in [1.29, 1.82) is 0 Å². The number of hydrazone groups is 1. The largest absolute Gasteiger partial charge is 0.274 e. The second-order valence-corrected chi connectivity index (χ2v) is 9.40. The summed E-state index contributed by atoms with van der Waals surface area (Å²) in [6.45, 7) is -0.275. The van der Waals surface area contributed by atoms with Crippen LogP contribution < -0.4 is 0 Å². The summed E-state index contributed by atoms with van der Waals surface area (Å²) in [4.78, 5) is 40.5. The quantitative estimate of drug-likeness (QED) is 0.424. The lowest BCUT2D eigenvalue weighted by Crippen LogP contribution is -2.41. The van der Waals surface area contributed by atoms with Gasteiger partial charge in [-0.3, -0.25) is 19.3 Å². The average Bonchev–Trinajstić information content (AvgIpc) is 3.45. The first-order valence-corrected chi connectivity index (χ1v) is 12.0. The van der Waals surface area contributed by atoms with E-state index in [1.165, 1.54) is 5.01 Å². The number of fused-ring (bicyclic) bond motifs is 2. The molecule has 1 saturated heterocycles. The monoisotopic (exact) mass is 463 g/mol. The van der Waals surface area contributed by atoms with Crippen LogP contribution in [-0.2, 0) is 14.4 Å². The third kappa shape index (κ3) is 3.75. The van der Waals surface area contributed by atoms with Crippen LogP contribution in [0, 0.1) is 11.8 Å². The van der Waals surface area contributed by atoms with E-state index in [9.17, 15) is 14.4 Å². The maximum Gasteiger partial charge on any atom is 0.263 e. The molecular formula is C29H25N3O3. The third-order valence-corrected chi connectivity index (χ3v) is 7.33. The minimum Gasteiger partial charge on any atom is -0.274 e. The molecule has 0 spiro atoms. The van der Waals surface area contributed by atoms with Gasteiger partial charge in [0.2, 0.25) is 11.8 Å². The lowest BCUT2D eigenvalue weighted by atomic mass is 9.85. The molecule has 0 bridgehead atoms. The maximum absolute atomic E-state index is 13.5. The maximum atomic E-state index is 13.5. The predicted octanol–water partition coefficient (Wildman–Crippen LogP) is 4.47. The zero-order chi connectivity index (χ0) is 23.9. The number of carbonyl (C=O) groups excluding carboxylic acids is 3. The summed E-state index contributed by atoms with van der Waals surface area (Å²) < 4.78 is 0. The molecule has 35 heavy (non-hydrogen) atoms. The van der Waals surface area contributed by atoms with E-state index >= 15 is 0 Å². The summed E-state index contributed by atoms with van der Waals surface area (Å²) >= 11 is 0. The summed E-state index contributed by atoms with van der Waals surface area (Å²) in [6.07, 6.45) is 5.57. The third-order valence-electron chi connectivity index (χ3n) is 7.33.